The van der Waals surface area contributed by atoms with E-state index < -0.39 is 5.97 Å². The van der Waals surface area contributed by atoms with Crippen molar-refractivity contribution in [3.8, 4) is 0 Å². The fourth-order valence-electron chi connectivity index (χ4n) is 1.03. The monoisotopic (exact) mass is 294 g/mol. The van der Waals surface area contributed by atoms with Crippen LogP contribution in [0.4, 0.5) is 0 Å². The zero-order valence-corrected chi connectivity index (χ0v) is 9.98. The predicted molar refractivity (Wildman–Crippen MR) is 53.4 cm³/mol. The summed E-state index contributed by atoms with van der Waals surface area (Å²) in [6.45, 7) is 2.19. The fourth-order valence-corrected chi connectivity index (χ4v) is 2.26. The first-order valence-corrected chi connectivity index (χ1v) is 7.68. The van der Waals surface area contributed by atoms with Crippen LogP contribution in [0.3, 0.4) is 0 Å². The summed E-state index contributed by atoms with van der Waals surface area (Å²) in [6, 6.07) is 7.19. The van der Waals surface area contributed by atoms with E-state index in [1.165, 1.54) is 5.56 Å². The van der Waals surface area contributed by atoms with Crippen LogP contribution in [0.1, 0.15) is 26.8 Å². The van der Waals surface area contributed by atoms with Gasteiger partial charge in [0.2, 0.25) is 0 Å². The first-order chi connectivity index (χ1) is 6.15. The van der Waals surface area contributed by atoms with Crippen molar-refractivity contribution in [1.29, 1.82) is 0 Å². The number of hydrogen-bond donors (Lipinski definition) is 1. The van der Waals surface area contributed by atoms with Gasteiger partial charge in [-0.15, -0.1) is 0 Å². The van der Waals surface area contributed by atoms with Gasteiger partial charge in [0, 0.05) is 0 Å². The van der Waals surface area contributed by atoms with E-state index in [1.807, 2.05) is 12.1 Å². The Hall–Kier alpha value is -0.520. The fraction of sp³-hybridized carbons (Fsp3) is 0.300. The predicted octanol–water partition coefficient (Wildman–Crippen LogP) is 2.20. The Morgan fingerprint density at radius 1 is 1.38 bits per heavy atom. The standard InChI is InChI=1S/C10H12O2Te/c1-7(13-2)8-3-5-9(6-4-8)10(11)12/h3-7H,1-2H3,(H,11,12). The average Bonchev–Trinajstić information content (AvgIpc) is 2.17. The van der Waals surface area contributed by atoms with E-state index in [0.717, 1.165) is 0 Å². The normalized spacial score (nSPS) is 12.5. The number of hydrogen-bond acceptors (Lipinski definition) is 1. The molecule has 0 aromatic heterocycles. The molecule has 0 spiro atoms. The Bertz CT molecular complexity index is 292. The molecule has 0 amide bonds. The molecular formula is C10H12O2Te. The summed E-state index contributed by atoms with van der Waals surface area (Å²) < 4.78 is 0.633. The molecule has 0 saturated carbocycles. The van der Waals surface area contributed by atoms with Crippen molar-refractivity contribution in [3.63, 3.8) is 0 Å². The second-order valence-corrected chi connectivity index (χ2v) is 6.17. The van der Waals surface area contributed by atoms with Gasteiger partial charge in [0.25, 0.3) is 0 Å². The Morgan fingerprint density at radius 3 is 2.31 bits per heavy atom. The van der Waals surface area contributed by atoms with Crippen molar-refractivity contribution in [1.82, 2.24) is 0 Å². The molecule has 0 aliphatic heterocycles. The third kappa shape index (κ3) is 2.72. The van der Waals surface area contributed by atoms with Gasteiger partial charge in [0.05, 0.1) is 0 Å². The molecule has 1 aromatic carbocycles. The first kappa shape index (κ1) is 10.6. The van der Waals surface area contributed by atoms with Crippen LogP contribution >= 0.6 is 0 Å². The van der Waals surface area contributed by atoms with Gasteiger partial charge < -0.3 is 0 Å². The van der Waals surface area contributed by atoms with E-state index in [2.05, 4.69) is 11.9 Å². The van der Waals surface area contributed by atoms with Gasteiger partial charge in [-0.05, 0) is 0 Å². The van der Waals surface area contributed by atoms with E-state index >= 15 is 0 Å². The third-order valence-electron chi connectivity index (χ3n) is 1.98. The molecule has 0 aliphatic carbocycles. The van der Waals surface area contributed by atoms with E-state index in [0.29, 0.717) is 9.53 Å². The van der Waals surface area contributed by atoms with Crippen molar-refractivity contribution >= 4 is 26.9 Å². The summed E-state index contributed by atoms with van der Waals surface area (Å²) in [5, 5.41) is 8.68. The molecule has 1 atom stereocenters. The second-order valence-electron chi connectivity index (χ2n) is 2.81. The zero-order chi connectivity index (χ0) is 9.84. The van der Waals surface area contributed by atoms with E-state index in [4.69, 9.17) is 5.11 Å². The maximum absolute atomic E-state index is 10.6. The molecule has 2 nitrogen and oxygen atoms in total. The Balaban J connectivity index is 2.87. The number of rotatable bonds is 3. The van der Waals surface area contributed by atoms with Crippen LogP contribution in [0.25, 0.3) is 0 Å². The van der Waals surface area contributed by atoms with Crippen LogP contribution in [0.15, 0.2) is 24.3 Å². The minimum absolute atomic E-state index is 0.0323. The van der Waals surface area contributed by atoms with Gasteiger partial charge >= 0.3 is 88.0 Å². The molecule has 0 heterocycles. The molecule has 0 fully saturated rings. The maximum atomic E-state index is 10.6. The molecule has 70 valence electrons. The molecule has 1 aromatic rings. The summed E-state index contributed by atoms with van der Waals surface area (Å²) in [6.07, 6.45) is 0. The van der Waals surface area contributed by atoms with E-state index in [1.54, 1.807) is 12.1 Å². The molecule has 0 aliphatic rings. The summed E-state index contributed by atoms with van der Waals surface area (Å²) in [5.74, 6) is -0.854. The summed E-state index contributed by atoms with van der Waals surface area (Å²) in [5.41, 5.74) is 1.63. The van der Waals surface area contributed by atoms with Crippen LogP contribution in [-0.2, 0) is 0 Å². The zero-order valence-electron chi connectivity index (χ0n) is 7.65. The van der Waals surface area contributed by atoms with E-state index in [-0.39, 0.29) is 20.9 Å². The molecule has 3 heteroatoms. The quantitative estimate of drug-likeness (QED) is 0.867. The van der Waals surface area contributed by atoms with Crippen LogP contribution in [0.2, 0.25) is 4.97 Å². The van der Waals surface area contributed by atoms with Crippen LogP contribution in [-0.4, -0.2) is 32.0 Å². The number of carboxylic acids is 1. The average molecular weight is 292 g/mol. The summed E-state index contributed by atoms with van der Waals surface area (Å²) in [4.78, 5) is 12.8. The van der Waals surface area contributed by atoms with Gasteiger partial charge in [-0.25, -0.2) is 0 Å². The van der Waals surface area contributed by atoms with Crippen molar-refractivity contribution in [3.05, 3.63) is 35.4 Å². The summed E-state index contributed by atoms with van der Waals surface area (Å²) >= 11 is 0.0323. The van der Waals surface area contributed by atoms with Crippen molar-refractivity contribution in [2.45, 2.75) is 15.9 Å². The second kappa shape index (κ2) is 4.64. The van der Waals surface area contributed by atoms with Crippen LogP contribution in [0, 0.1) is 0 Å². The Labute approximate surface area is 88.0 Å². The van der Waals surface area contributed by atoms with Crippen molar-refractivity contribution in [2.24, 2.45) is 0 Å². The topological polar surface area (TPSA) is 37.3 Å². The van der Waals surface area contributed by atoms with Gasteiger partial charge in [0.15, 0.2) is 0 Å². The summed E-state index contributed by atoms with van der Waals surface area (Å²) in [7, 11) is 0. The minimum atomic E-state index is -0.854. The van der Waals surface area contributed by atoms with Gasteiger partial charge in [-0.3, -0.25) is 0 Å². The third-order valence-corrected chi connectivity index (χ3v) is 4.78. The molecule has 0 saturated heterocycles. The van der Waals surface area contributed by atoms with Crippen LogP contribution in [0.5, 0.6) is 0 Å². The molecule has 0 radical (unpaired) electrons. The Kier molecular flexibility index (Phi) is 3.77. The SMILES string of the molecule is C[Te]C(C)c1ccc(C(=O)O)cc1. The van der Waals surface area contributed by atoms with Gasteiger partial charge in [0.1, 0.15) is 0 Å². The van der Waals surface area contributed by atoms with Crippen molar-refractivity contribution < 1.29 is 9.90 Å². The van der Waals surface area contributed by atoms with E-state index in [9.17, 15) is 4.79 Å². The molecular weight excluding hydrogens is 280 g/mol. The molecule has 13 heavy (non-hydrogen) atoms. The number of carbonyl (C=O) groups is 1. The Morgan fingerprint density at radius 2 is 1.92 bits per heavy atom. The van der Waals surface area contributed by atoms with Gasteiger partial charge in [-0.2, -0.15) is 0 Å². The molecule has 1 rings (SSSR count). The number of benzene rings is 1. The number of aromatic carboxylic acids is 1. The van der Waals surface area contributed by atoms with Gasteiger partial charge in [-0.1, -0.05) is 0 Å². The molecule has 1 unspecified atom stereocenters. The van der Waals surface area contributed by atoms with Crippen LogP contribution < -0.4 is 0 Å². The van der Waals surface area contributed by atoms with Crippen molar-refractivity contribution in [2.75, 3.05) is 0 Å². The molecule has 0 bridgehead atoms. The number of carboxylic acid groups (broad SMARTS) is 1. The first-order valence-electron chi connectivity index (χ1n) is 4.01. The molecule has 1 N–H and O–H groups in total.